The number of hydrazine groups is 1. The van der Waals surface area contributed by atoms with Crippen molar-refractivity contribution in [2.24, 2.45) is 10.8 Å². The Morgan fingerprint density at radius 1 is 1.78 bits per heavy atom. The van der Waals surface area contributed by atoms with E-state index in [0.717, 1.165) is 0 Å². The Bertz CT molecular complexity index is 150. The van der Waals surface area contributed by atoms with Crippen molar-refractivity contribution in [1.29, 1.82) is 0 Å². The molecule has 0 amide bonds. The molecular formula is C5H8BrN3. The fourth-order valence-electron chi connectivity index (χ4n) is 0.281. The maximum Gasteiger partial charge on any atom is 0.140 e. The Labute approximate surface area is 62.4 Å². The molecule has 0 aliphatic rings. The molecule has 0 saturated heterocycles. The summed E-state index contributed by atoms with van der Waals surface area (Å²) in [5, 5.41) is 0. The Morgan fingerprint density at radius 3 is 2.44 bits per heavy atom. The number of halogens is 1. The third-order valence-corrected chi connectivity index (χ3v) is 0.840. The highest BCUT2D eigenvalue weighted by Crippen LogP contribution is 2.04. The molecule has 50 valence electrons. The van der Waals surface area contributed by atoms with Crippen LogP contribution in [0.2, 0.25) is 0 Å². The van der Waals surface area contributed by atoms with Gasteiger partial charge in [-0.05, 0) is 12.8 Å². The number of hydrogen-bond acceptors (Lipinski definition) is 3. The van der Waals surface area contributed by atoms with Gasteiger partial charge in [0.25, 0.3) is 0 Å². The molecule has 0 aliphatic carbocycles. The molecule has 0 bridgehead atoms. The maximum atomic E-state index is 5.02. The number of nitrogens with two attached hydrogens (primary N) is 1. The highest BCUT2D eigenvalue weighted by atomic mass is 79.9. The lowest BCUT2D eigenvalue weighted by Crippen LogP contribution is -2.19. The van der Waals surface area contributed by atoms with Crippen molar-refractivity contribution >= 4 is 22.6 Å². The molecule has 4 heteroatoms. The van der Waals surface area contributed by atoms with Crippen molar-refractivity contribution in [1.82, 2.24) is 5.43 Å². The molecule has 3 N–H and O–H groups in total. The first-order chi connectivity index (χ1) is 4.20. The van der Waals surface area contributed by atoms with Crippen LogP contribution in [-0.4, -0.2) is 6.72 Å². The number of rotatable bonds is 3. The van der Waals surface area contributed by atoms with Crippen molar-refractivity contribution < 1.29 is 0 Å². The first-order valence-electron chi connectivity index (χ1n) is 2.20. The normalized spacial score (nSPS) is 10.7. The van der Waals surface area contributed by atoms with Crippen LogP contribution in [-0.2, 0) is 0 Å². The van der Waals surface area contributed by atoms with E-state index in [4.69, 9.17) is 5.84 Å². The van der Waals surface area contributed by atoms with Gasteiger partial charge >= 0.3 is 0 Å². The van der Waals surface area contributed by atoms with Crippen LogP contribution in [0.15, 0.2) is 28.0 Å². The van der Waals surface area contributed by atoms with Crippen molar-refractivity contribution in [3.8, 4) is 0 Å². The third kappa shape index (κ3) is 3.93. The lowest BCUT2D eigenvalue weighted by molar-refractivity contribution is 0.872. The van der Waals surface area contributed by atoms with Crippen molar-refractivity contribution in [2.45, 2.75) is 0 Å². The largest absolute Gasteiger partial charge is 0.308 e. The zero-order valence-corrected chi connectivity index (χ0v) is 6.48. The molecular weight excluding hydrogens is 182 g/mol. The number of nitrogens with zero attached hydrogens (tertiary/aromatic N) is 1. The van der Waals surface area contributed by atoms with Crippen LogP contribution in [0.4, 0.5) is 0 Å². The molecule has 0 atom stereocenters. The Hall–Kier alpha value is -0.610. The van der Waals surface area contributed by atoms with Gasteiger partial charge < -0.3 is 5.43 Å². The molecule has 9 heavy (non-hydrogen) atoms. The van der Waals surface area contributed by atoms with Gasteiger partial charge in [-0.15, -0.1) is 0 Å². The van der Waals surface area contributed by atoms with Crippen LogP contribution in [0.25, 0.3) is 0 Å². The second-order valence-corrected chi connectivity index (χ2v) is 2.30. The average molecular weight is 190 g/mol. The molecule has 0 heterocycles. The predicted molar refractivity (Wildman–Crippen MR) is 43.0 cm³/mol. The zero-order valence-electron chi connectivity index (χ0n) is 4.89. The number of nitrogens with one attached hydrogen (secondary N) is 1. The molecule has 0 aromatic heterocycles. The van der Waals surface area contributed by atoms with Gasteiger partial charge in [-0.1, -0.05) is 22.5 Å². The van der Waals surface area contributed by atoms with Crippen LogP contribution in [0.3, 0.4) is 0 Å². The summed E-state index contributed by atoms with van der Waals surface area (Å²) in [6.07, 6.45) is 1.62. The number of hydrogen-bond donors (Lipinski definition) is 2. The van der Waals surface area contributed by atoms with E-state index in [0.29, 0.717) is 10.3 Å². The minimum absolute atomic E-state index is 0.483. The van der Waals surface area contributed by atoms with Gasteiger partial charge in [-0.3, -0.25) is 0 Å². The van der Waals surface area contributed by atoms with Crippen molar-refractivity contribution in [2.75, 3.05) is 0 Å². The van der Waals surface area contributed by atoms with Crippen LogP contribution in [0.1, 0.15) is 0 Å². The molecule has 3 nitrogen and oxygen atoms in total. The molecule has 0 aromatic rings. The molecule has 0 aromatic carbocycles. The Morgan fingerprint density at radius 2 is 2.33 bits per heavy atom. The molecule has 0 spiro atoms. The fourth-order valence-corrected chi connectivity index (χ4v) is 0.498. The van der Waals surface area contributed by atoms with E-state index in [2.05, 4.69) is 39.6 Å². The highest BCUT2D eigenvalue weighted by Gasteiger charge is 1.85. The smallest absolute Gasteiger partial charge is 0.140 e. The van der Waals surface area contributed by atoms with E-state index >= 15 is 0 Å². The monoisotopic (exact) mass is 189 g/mol. The predicted octanol–water partition coefficient (Wildman–Crippen LogP) is 0.900. The molecule has 0 fully saturated rings. The van der Waals surface area contributed by atoms with E-state index in [9.17, 15) is 0 Å². The lowest BCUT2D eigenvalue weighted by atomic mass is 10.5. The van der Waals surface area contributed by atoms with Gasteiger partial charge in [0.05, 0.1) is 0 Å². The highest BCUT2D eigenvalue weighted by molar-refractivity contribution is 9.11. The molecule has 0 aliphatic heterocycles. The summed E-state index contributed by atoms with van der Waals surface area (Å²) < 4.78 is 0.697. The topological polar surface area (TPSA) is 50.4 Å². The second-order valence-electron chi connectivity index (χ2n) is 1.28. The van der Waals surface area contributed by atoms with Crippen molar-refractivity contribution in [3.63, 3.8) is 0 Å². The van der Waals surface area contributed by atoms with Gasteiger partial charge in [-0.2, -0.15) is 0 Å². The zero-order chi connectivity index (χ0) is 7.28. The van der Waals surface area contributed by atoms with Crippen LogP contribution in [0, 0.1) is 0 Å². The van der Waals surface area contributed by atoms with E-state index in [1.165, 1.54) is 0 Å². The van der Waals surface area contributed by atoms with Gasteiger partial charge in [0.2, 0.25) is 0 Å². The van der Waals surface area contributed by atoms with Crippen molar-refractivity contribution in [3.05, 3.63) is 23.0 Å². The van der Waals surface area contributed by atoms with Crippen LogP contribution < -0.4 is 11.3 Å². The quantitative estimate of drug-likeness (QED) is 0.300. The number of allylic oxidation sites excluding steroid dienone is 2. The molecule has 0 unspecified atom stereocenters. The van der Waals surface area contributed by atoms with Crippen LogP contribution >= 0.6 is 15.9 Å². The average Bonchev–Trinajstić information content (AvgIpc) is 1.82. The number of aliphatic imine (C=N–C) groups is 1. The minimum atomic E-state index is 0.483. The maximum absolute atomic E-state index is 5.02. The summed E-state index contributed by atoms with van der Waals surface area (Å²) in [6.45, 7) is 6.81. The van der Waals surface area contributed by atoms with Gasteiger partial charge in [0.1, 0.15) is 5.82 Å². The first kappa shape index (κ1) is 8.39. The minimum Gasteiger partial charge on any atom is -0.308 e. The van der Waals surface area contributed by atoms with E-state index in [1.807, 2.05) is 0 Å². The first-order valence-corrected chi connectivity index (χ1v) is 2.99. The lowest BCUT2D eigenvalue weighted by Gasteiger charge is -1.95. The SMILES string of the molecule is C=N/C(=C\C(=C)Br)NN. The van der Waals surface area contributed by atoms with Crippen LogP contribution in [0.5, 0.6) is 0 Å². The Balaban J connectivity index is 4.07. The summed E-state index contributed by atoms with van der Waals surface area (Å²) >= 11 is 3.10. The Kier molecular flexibility index (Phi) is 4.00. The standard InChI is InChI=1S/C5H8BrN3/c1-4(6)3-5(8-2)9-7/h3,9H,1-2,7H2/b5-3+. The summed E-state index contributed by atoms with van der Waals surface area (Å²) in [5.74, 6) is 5.50. The van der Waals surface area contributed by atoms with Gasteiger partial charge in [0, 0.05) is 4.48 Å². The molecule has 0 rings (SSSR count). The molecule has 0 saturated carbocycles. The van der Waals surface area contributed by atoms with E-state index in [-0.39, 0.29) is 0 Å². The summed E-state index contributed by atoms with van der Waals surface area (Å²) in [6, 6.07) is 0. The van der Waals surface area contributed by atoms with E-state index < -0.39 is 0 Å². The van der Waals surface area contributed by atoms with Gasteiger partial charge in [0.15, 0.2) is 0 Å². The third-order valence-electron chi connectivity index (χ3n) is 0.612. The molecule has 0 radical (unpaired) electrons. The summed E-state index contributed by atoms with van der Waals surface area (Å²) in [4.78, 5) is 3.53. The summed E-state index contributed by atoms with van der Waals surface area (Å²) in [7, 11) is 0. The second kappa shape index (κ2) is 4.29. The van der Waals surface area contributed by atoms with E-state index in [1.54, 1.807) is 6.08 Å². The summed E-state index contributed by atoms with van der Waals surface area (Å²) in [5.41, 5.74) is 2.32. The van der Waals surface area contributed by atoms with Gasteiger partial charge in [-0.25, -0.2) is 10.8 Å². The fraction of sp³-hybridized carbons (Fsp3) is 0.